The van der Waals surface area contributed by atoms with Crippen LogP contribution in [-0.2, 0) is 16.6 Å². The lowest BCUT2D eigenvalue weighted by Crippen LogP contribution is -2.36. The quantitative estimate of drug-likeness (QED) is 0.720. The summed E-state index contributed by atoms with van der Waals surface area (Å²) in [5, 5.41) is 4.27. The summed E-state index contributed by atoms with van der Waals surface area (Å²) < 4.78 is 29.0. The van der Waals surface area contributed by atoms with Crippen molar-refractivity contribution in [3.8, 4) is 0 Å². The van der Waals surface area contributed by atoms with E-state index in [9.17, 15) is 8.42 Å². The monoisotopic (exact) mass is 247 g/mol. The second-order valence-electron chi connectivity index (χ2n) is 3.65. The van der Waals surface area contributed by atoms with Gasteiger partial charge < -0.3 is 9.73 Å². The molecule has 0 spiro atoms. The van der Waals surface area contributed by atoms with Gasteiger partial charge in [-0.05, 0) is 14.0 Å². The summed E-state index contributed by atoms with van der Waals surface area (Å²) in [5.41, 5.74) is 0. The number of hydrogen-bond donors (Lipinski definition) is 2. The highest BCUT2D eigenvalue weighted by atomic mass is 32.2. The number of hydrazine groups is 1. The van der Waals surface area contributed by atoms with Crippen LogP contribution in [0.3, 0.4) is 0 Å². The highest BCUT2D eigenvalue weighted by molar-refractivity contribution is 7.89. The van der Waals surface area contributed by atoms with Crippen molar-refractivity contribution >= 4 is 10.0 Å². The predicted molar refractivity (Wildman–Crippen MR) is 60.2 cm³/mol. The summed E-state index contributed by atoms with van der Waals surface area (Å²) in [7, 11) is 1.46. The summed E-state index contributed by atoms with van der Waals surface area (Å²) in [4.78, 5) is 2.53. The maximum atomic E-state index is 11.8. The number of nitrogens with one attached hydrogen (secondary N) is 2. The SMILES string of the molecule is CNCc1cc(S(=O)(=O)NN(C)C)c(C)o1. The van der Waals surface area contributed by atoms with Gasteiger partial charge in [0, 0.05) is 20.2 Å². The molecule has 0 saturated carbocycles. The van der Waals surface area contributed by atoms with Crippen molar-refractivity contribution in [1.82, 2.24) is 15.2 Å². The standard InChI is InChI=1S/C9H17N3O3S/c1-7-9(5-8(15-7)6-10-2)16(13,14)11-12(3)4/h5,10-11H,6H2,1-4H3. The molecule has 0 atom stereocenters. The number of nitrogens with zero attached hydrogens (tertiary/aromatic N) is 1. The van der Waals surface area contributed by atoms with Crippen LogP contribution in [0.5, 0.6) is 0 Å². The minimum atomic E-state index is -3.53. The van der Waals surface area contributed by atoms with Crippen molar-refractivity contribution in [2.45, 2.75) is 18.4 Å². The summed E-state index contributed by atoms with van der Waals surface area (Å²) in [5.74, 6) is 0.985. The molecule has 0 aliphatic rings. The lowest BCUT2D eigenvalue weighted by atomic mass is 10.4. The molecular formula is C9H17N3O3S. The molecule has 92 valence electrons. The Morgan fingerprint density at radius 2 is 2.06 bits per heavy atom. The lowest BCUT2D eigenvalue weighted by molar-refractivity contribution is 0.363. The molecule has 0 saturated heterocycles. The van der Waals surface area contributed by atoms with E-state index in [-0.39, 0.29) is 4.90 Å². The topological polar surface area (TPSA) is 74.6 Å². The van der Waals surface area contributed by atoms with E-state index < -0.39 is 10.0 Å². The first-order valence-corrected chi connectivity index (χ1v) is 6.29. The molecule has 1 aromatic rings. The molecule has 1 rings (SSSR count). The van der Waals surface area contributed by atoms with Gasteiger partial charge in [0.15, 0.2) is 0 Å². The molecule has 0 aliphatic carbocycles. The third-order valence-electron chi connectivity index (χ3n) is 1.87. The molecule has 0 fully saturated rings. The van der Waals surface area contributed by atoms with Crippen LogP contribution in [0.4, 0.5) is 0 Å². The lowest BCUT2D eigenvalue weighted by Gasteiger charge is -2.11. The van der Waals surface area contributed by atoms with Crippen LogP contribution >= 0.6 is 0 Å². The Kier molecular flexibility index (Phi) is 4.09. The molecule has 6 nitrogen and oxygen atoms in total. The van der Waals surface area contributed by atoms with Crippen LogP contribution in [0.1, 0.15) is 11.5 Å². The zero-order chi connectivity index (χ0) is 12.3. The van der Waals surface area contributed by atoms with Gasteiger partial charge in [-0.15, -0.1) is 4.83 Å². The molecule has 0 unspecified atom stereocenters. The molecule has 16 heavy (non-hydrogen) atoms. The molecule has 7 heteroatoms. The average molecular weight is 247 g/mol. The summed E-state index contributed by atoms with van der Waals surface area (Å²) in [6.45, 7) is 2.13. The molecule has 1 heterocycles. The fourth-order valence-corrected chi connectivity index (χ4v) is 2.63. The molecule has 1 aromatic heterocycles. The Bertz CT molecular complexity index is 451. The Balaban J connectivity index is 3.03. The predicted octanol–water partition coefficient (Wildman–Crippen LogP) is 0.0623. The Labute approximate surface area is 95.6 Å². The van der Waals surface area contributed by atoms with Gasteiger partial charge in [0.2, 0.25) is 0 Å². The maximum absolute atomic E-state index is 11.8. The first-order valence-electron chi connectivity index (χ1n) is 4.80. The average Bonchev–Trinajstić information content (AvgIpc) is 2.45. The normalized spacial score (nSPS) is 12.3. The number of sulfonamides is 1. The highest BCUT2D eigenvalue weighted by Crippen LogP contribution is 2.19. The van der Waals surface area contributed by atoms with E-state index in [1.54, 1.807) is 28.1 Å². The van der Waals surface area contributed by atoms with Crippen molar-refractivity contribution < 1.29 is 12.8 Å². The van der Waals surface area contributed by atoms with E-state index in [0.29, 0.717) is 18.1 Å². The number of aryl methyl sites for hydroxylation is 1. The third kappa shape index (κ3) is 3.05. The largest absolute Gasteiger partial charge is 0.464 e. The Morgan fingerprint density at radius 1 is 1.44 bits per heavy atom. The Morgan fingerprint density at radius 3 is 2.56 bits per heavy atom. The van der Waals surface area contributed by atoms with Gasteiger partial charge in [-0.3, -0.25) is 0 Å². The first kappa shape index (κ1) is 13.2. The van der Waals surface area contributed by atoms with Crippen LogP contribution in [0.25, 0.3) is 0 Å². The van der Waals surface area contributed by atoms with Gasteiger partial charge in [0.05, 0.1) is 6.54 Å². The zero-order valence-corrected chi connectivity index (χ0v) is 10.7. The van der Waals surface area contributed by atoms with E-state index in [1.165, 1.54) is 11.1 Å². The molecule has 2 N–H and O–H groups in total. The molecular weight excluding hydrogens is 230 g/mol. The smallest absolute Gasteiger partial charge is 0.256 e. The molecule has 0 bridgehead atoms. The fourth-order valence-electron chi connectivity index (χ4n) is 1.34. The van der Waals surface area contributed by atoms with Crippen molar-refractivity contribution in [3.05, 3.63) is 17.6 Å². The van der Waals surface area contributed by atoms with E-state index in [4.69, 9.17) is 4.42 Å². The second kappa shape index (κ2) is 4.96. The van der Waals surface area contributed by atoms with Gasteiger partial charge in [0.25, 0.3) is 10.0 Å². The van der Waals surface area contributed by atoms with E-state index in [2.05, 4.69) is 10.1 Å². The van der Waals surface area contributed by atoms with E-state index in [0.717, 1.165) is 0 Å². The van der Waals surface area contributed by atoms with Crippen molar-refractivity contribution in [1.29, 1.82) is 0 Å². The van der Waals surface area contributed by atoms with Gasteiger partial charge in [0.1, 0.15) is 16.4 Å². The number of rotatable bonds is 5. The number of furan rings is 1. The van der Waals surface area contributed by atoms with Crippen LogP contribution in [0, 0.1) is 6.92 Å². The van der Waals surface area contributed by atoms with Crippen LogP contribution in [0.15, 0.2) is 15.4 Å². The zero-order valence-electron chi connectivity index (χ0n) is 9.86. The Hall–Kier alpha value is -0.890. The van der Waals surface area contributed by atoms with E-state index in [1.807, 2.05) is 0 Å². The van der Waals surface area contributed by atoms with Crippen molar-refractivity contribution in [2.75, 3.05) is 21.1 Å². The maximum Gasteiger partial charge on any atom is 0.256 e. The first-order chi connectivity index (χ1) is 7.36. The van der Waals surface area contributed by atoms with E-state index >= 15 is 0 Å². The highest BCUT2D eigenvalue weighted by Gasteiger charge is 2.21. The van der Waals surface area contributed by atoms with Gasteiger partial charge in [-0.25, -0.2) is 13.4 Å². The van der Waals surface area contributed by atoms with Crippen LogP contribution in [-0.4, -0.2) is 34.6 Å². The van der Waals surface area contributed by atoms with Crippen molar-refractivity contribution in [3.63, 3.8) is 0 Å². The third-order valence-corrected chi connectivity index (χ3v) is 3.46. The van der Waals surface area contributed by atoms with Crippen LogP contribution < -0.4 is 10.1 Å². The van der Waals surface area contributed by atoms with Gasteiger partial charge in [-0.1, -0.05) is 0 Å². The summed E-state index contributed by atoms with van der Waals surface area (Å²) in [6.07, 6.45) is 0. The fraction of sp³-hybridized carbons (Fsp3) is 0.556. The minimum Gasteiger partial charge on any atom is -0.464 e. The summed E-state index contributed by atoms with van der Waals surface area (Å²) >= 11 is 0. The van der Waals surface area contributed by atoms with Crippen molar-refractivity contribution in [2.24, 2.45) is 0 Å². The second-order valence-corrected chi connectivity index (χ2v) is 5.28. The minimum absolute atomic E-state index is 0.173. The molecule has 0 aromatic carbocycles. The summed E-state index contributed by atoms with van der Waals surface area (Å²) in [6, 6.07) is 1.53. The van der Waals surface area contributed by atoms with Gasteiger partial charge in [-0.2, -0.15) is 0 Å². The van der Waals surface area contributed by atoms with Crippen LogP contribution in [0.2, 0.25) is 0 Å². The molecule has 0 amide bonds. The number of hydrogen-bond acceptors (Lipinski definition) is 5. The molecule has 0 aliphatic heterocycles. The van der Waals surface area contributed by atoms with Gasteiger partial charge >= 0.3 is 0 Å². The molecule has 0 radical (unpaired) electrons.